The van der Waals surface area contributed by atoms with E-state index in [1.54, 1.807) is 0 Å². The van der Waals surface area contributed by atoms with Crippen LogP contribution in [0.2, 0.25) is 0 Å². The summed E-state index contributed by atoms with van der Waals surface area (Å²) in [4.78, 5) is 15.0. The van der Waals surface area contributed by atoms with Crippen molar-refractivity contribution in [1.29, 1.82) is 0 Å². The average Bonchev–Trinajstić information content (AvgIpc) is 2.74. The normalized spacial score (nSPS) is 29.5. The van der Waals surface area contributed by atoms with Gasteiger partial charge in [-0.2, -0.15) is 0 Å². The lowest BCUT2D eigenvalue weighted by atomic mass is 9.65. The minimum Gasteiger partial charge on any atom is -0.335 e. The molecular formula is C18H26N2O3S. The number of carbonyl (C=O) groups is 1. The Balaban J connectivity index is 1.72. The zero-order valence-electron chi connectivity index (χ0n) is 14.5. The number of nitrogens with one attached hydrogen (secondary N) is 1. The largest absolute Gasteiger partial charge is 0.335 e. The van der Waals surface area contributed by atoms with Gasteiger partial charge in [0, 0.05) is 24.7 Å². The van der Waals surface area contributed by atoms with Crippen LogP contribution in [0, 0.1) is 10.8 Å². The van der Waals surface area contributed by atoms with Gasteiger partial charge in [-0.15, -0.1) is 0 Å². The van der Waals surface area contributed by atoms with E-state index in [2.05, 4.69) is 30.4 Å². The van der Waals surface area contributed by atoms with Crippen LogP contribution >= 0.6 is 0 Å². The van der Waals surface area contributed by atoms with Gasteiger partial charge < -0.3 is 4.90 Å². The smallest absolute Gasteiger partial charge is 0.254 e. The van der Waals surface area contributed by atoms with E-state index in [-0.39, 0.29) is 11.3 Å². The van der Waals surface area contributed by atoms with Crippen LogP contribution < -0.4 is 4.72 Å². The lowest BCUT2D eigenvalue weighted by molar-refractivity contribution is 0.0708. The first-order valence-electron chi connectivity index (χ1n) is 8.42. The summed E-state index contributed by atoms with van der Waals surface area (Å²) in [5.41, 5.74) is 2.10. The number of likely N-dealkylation sites (tertiary alicyclic amines) is 1. The Morgan fingerprint density at radius 3 is 2.58 bits per heavy atom. The second-order valence-electron chi connectivity index (χ2n) is 8.41. The Kier molecular flexibility index (Phi) is 4.57. The number of fused-ring (bicyclic) bond motifs is 2. The molecule has 3 rings (SSSR count). The van der Waals surface area contributed by atoms with Gasteiger partial charge in [0.15, 0.2) is 0 Å². The second-order valence-corrected chi connectivity index (χ2v) is 9.20. The van der Waals surface area contributed by atoms with E-state index < -0.39 is 11.3 Å². The average molecular weight is 350 g/mol. The Hall–Kier alpha value is -1.24. The maximum absolute atomic E-state index is 12.9. The molecule has 1 heterocycles. The molecule has 2 aliphatic rings. The Labute approximate surface area is 146 Å². The molecule has 0 spiro atoms. The van der Waals surface area contributed by atoms with Gasteiger partial charge in [-0.3, -0.25) is 9.35 Å². The van der Waals surface area contributed by atoms with Gasteiger partial charge in [-0.1, -0.05) is 32.9 Å². The van der Waals surface area contributed by atoms with E-state index >= 15 is 0 Å². The third kappa shape index (κ3) is 3.71. The minimum absolute atomic E-state index is 0.103. The summed E-state index contributed by atoms with van der Waals surface area (Å²) in [5.74, 6) is 0.103. The third-order valence-electron chi connectivity index (χ3n) is 5.28. The van der Waals surface area contributed by atoms with Crippen LogP contribution in [0.5, 0.6) is 0 Å². The van der Waals surface area contributed by atoms with Gasteiger partial charge in [-0.25, -0.2) is 8.93 Å². The zero-order valence-corrected chi connectivity index (χ0v) is 15.4. The number of carbonyl (C=O) groups excluding carboxylic acids is 1. The molecule has 1 saturated carbocycles. The van der Waals surface area contributed by atoms with Crippen molar-refractivity contribution in [2.24, 2.45) is 10.8 Å². The van der Waals surface area contributed by atoms with E-state index in [4.69, 9.17) is 4.55 Å². The van der Waals surface area contributed by atoms with Gasteiger partial charge >= 0.3 is 0 Å². The van der Waals surface area contributed by atoms with E-state index in [1.165, 1.54) is 6.42 Å². The number of amides is 1. The molecule has 0 aromatic heterocycles. The maximum atomic E-state index is 12.9. The van der Waals surface area contributed by atoms with Crippen molar-refractivity contribution >= 4 is 17.2 Å². The first kappa shape index (κ1) is 17.6. The van der Waals surface area contributed by atoms with Crippen molar-refractivity contribution in [2.45, 2.75) is 52.6 Å². The highest BCUT2D eigenvalue weighted by molar-refractivity contribution is 7.77. The molecule has 2 bridgehead atoms. The quantitative estimate of drug-likeness (QED) is 0.820. The van der Waals surface area contributed by atoms with Crippen LogP contribution in [0.3, 0.4) is 0 Å². The molecular weight excluding hydrogens is 324 g/mol. The molecule has 5 nitrogen and oxygen atoms in total. The summed E-state index contributed by atoms with van der Waals surface area (Å²) in [6, 6.07) is 7.64. The van der Waals surface area contributed by atoms with E-state index in [1.807, 2.05) is 24.3 Å². The summed E-state index contributed by atoms with van der Waals surface area (Å²) >= 11 is -2.02. The zero-order chi connectivity index (χ0) is 17.5. The van der Waals surface area contributed by atoms with Gasteiger partial charge in [0.25, 0.3) is 5.91 Å². The SMILES string of the molecule is CC1(C)CC2CC(C)(CN2C(=O)c2ccc(CNS(=O)O)cc2)C1. The highest BCUT2D eigenvalue weighted by Crippen LogP contribution is 2.52. The predicted molar refractivity (Wildman–Crippen MR) is 94.6 cm³/mol. The molecule has 2 N–H and O–H groups in total. The number of hydrogen-bond donors (Lipinski definition) is 2. The lowest BCUT2D eigenvalue weighted by Crippen LogP contribution is -2.37. The highest BCUT2D eigenvalue weighted by atomic mass is 32.2. The number of rotatable bonds is 4. The number of hydrogen-bond acceptors (Lipinski definition) is 2. The van der Waals surface area contributed by atoms with Crippen molar-refractivity contribution in [3.05, 3.63) is 35.4 Å². The summed E-state index contributed by atoms with van der Waals surface area (Å²) in [6.07, 6.45) is 3.34. The van der Waals surface area contributed by atoms with Gasteiger partial charge in [-0.05, 0) is 47.8 Å². The molecule has 1 saturated heterocycles. The maximum Gasteiger partial charge on any atom is 0.254 e. The third-order valence-corrected chi connectivity index (χ3v) is 5.67. The number of nitrogens with zero attached hydrogens (tertiary/aromatic N) is 1. The van der Waals surface area contributed by atoms with Crippen LogP contribution in [0.4, 0.5) is 0 Å². The number of benzene rings is 1. The van der Waals surface area contributed by atoms with Gasteiger partial charge in [0.1, 0.15) is 0 Å². The van der Waals surface area contributed by atoms with Crippen LogP contribution in [-0.4, -0.2) is 32.2 Å². The highest BCUT2D eigenvalue weighted by Gasteiger charge is 2.50. The standard InChI is InChI=1S/C18H26N2O3S/c1-17(2)8-15-9-18(3,11-17)12-20(15)16(21)14-6-4-13(5-7-14)10-19-24(22)23/h4-7,15,19H,8-12H2,1-3H3,(H,22,23). The van der Waals surface area contributed by atoms with Gasteiger partial charge in [0.05, 0.1) is 0 Å². The molecule has 2 fully saturated rings. The lowest BCUT2D eigenvalue weighted by Gasteiger charge is -2.39. The van der Waals surface area contributed by atoms with Crippen molar-refractivity contribution in [3.63, 3.8) is 0 Å². The molecule has 1 aromatic rings. The first-order chi connectivity index (χ1) is 11.2. The molecule has 24 heavy (non-hydrogen) atoms. The molecule has 3 unspecified atom stereocenters. The van der Waals surface area contributed by atoms with E-state index in [0.717, 1.165) is 24.9 Å². The minimum atomic E-state index is -2.02. The summed E-state index contributed by atoms with van der Waals surface area (Å²) < 4.78 is 21.8. The van der Waals surface area contributed by atoms with Gasteiger partial charge in [0.2, 0.25) is 11.3 Å². The van der Waals surface area contributed by atoms with Crippen LogP contribution in [-0.2, 0) is 17.8 Å². The van der Waals surface area contributed by atoms with Crippen LogP contribution in [0.15, 0.2) is 24.3 Å². The molecule has 132 valence electrons. The van der Waals surface area contributed by atoms with Crippen molar-refractivity contribution in [1.82, 2.24) is 9.62 Å². The Morgan fingerprint density at radius 2 is 1.96 bits per heavy atom. The Bertz CT molecular complexity index is 659. The molecule has 1 aliphatic heterocycles. The monoisotopic (exact) mass is 350 g/mol. The second kappa shape index (κ2) is 6.24. The first-order valence-corrected chi connectivity index (χ1v) is 9.52. The van der Waals surface area contributed by atoms with Crippen molar-refractivity contribution in [2.75, 3.05) is 6.54 Å². The van der Waals surface area contributed by atoms with Crippen molar-refractivity contribution in [3.8, 4) is 0 Å². The summed E-state index contributed by atoms with van der Waals surface area (Å²) in [6.45, 7) is 8.05. The van der Waals surface area contributed by atoms with E-state index in [9.17, 15) is 9.00 Å². The summed E-state index contributed by atoms with van der Waals surface area (Å²) in [5, 5.41) is 0. The molecule has 6 heteroatoms. The molecule has 3 atom stereocenters. The summed E-state index contributed by atoms with van der Waals surface area (Å²) in [7, 11) is 0. The van der Waals surface area contributed by atoms with Crippen LogP contribution in [0.1, 0.15) is 56.0 Å². The predicted octanol–water partition coefficient (Wildman–Crippen LogP) is 2.95. The van der Waals surface area contributed by atoms with Crippen LogP contribution in [0.25, 0.3) is 0 Å². The molecule has 1 aromatic carbocycles. The molecule has 0 radical (unpaired) electrons. The Morgan fingerprint density at radius 1 is 1.29 bits per heavy atom. The fraction of sp³-hybridized carbons (Fsp3) is 0.611. The van der Waals surface area contributed by atoms with E-state index in [0.29, 0.717) is 23.6 Å². The molecule has 1 amide bonds. The van der Waals surface area contributed by atoms with Crippen molar-refractivity contribution < 1.29 is 13.6 Å². The molecule has 1 aliphatic carbocycles. The fourth-order valence-electron chi connectivity index (χ4n) is 4.77. The topological polar surface area (TPSA) is 69.6 Å². The fourth-order valence-corrected chi connectivity index (χ4v) is 5.06.